The summed E-state index contributed by atoms with van der Waals surface area (Å²) in [5.41, 5.74) is 2.14. The van der Waals surface area contributed by atoms with E-state index in [2.05, 4.69) is 15.5 Å². The molecule has 1 heterocycles. The van der Waals surface area contributed by atoms with Crippen molar-refractivity contribution in [3.8, 4) is 0 Å². The highest BCUT2D eigenvalue weighted by Crippen LogP contribution is 2.30. The minimum atomic E-state index is 0.0730. The minimum Gasteiger partial charge on any atom is -0.334 e. The lowest BCUT2D eigenvalue weighted by Gasteiger charge is -2.35. The second-order valence-electron chi connectivity index (χ2n) is 6.38. The number of piperidine rings is 1. The summed E-state index contributed by atoms with van der Waals surface area (Å²) in [5, 5.41) is 7.25. The van der Waals surface area contributed by atoms with Gasteiger partial charge in [-0.05, 0) is 56.3 Å². The van der Waals surface area contributed by atoms with E-state index in [1.54, 1.807) is 0 Å². The van der Waals surface area contributed by atoms with Crippen LogP contribution in [-0.4, -0.2) is 36.1 Å². The Labute approximate surface area is 137 Å². The summed E-state index contributed by atoms with van der Waals surface area (Å²) in [7, 11) is 0. The molecule has 5 heteroatoms. The van der Waals surface area contributed by atoms with Gasteiger partial charge in [-0.2, -0.15) is 0 Å². The van der Waals surface area contributed by atoms with E-state index >= 15 is 0 Å². The van der Waals surface area contributed by atoms with Gasteiger partial charge in [0.15, 0.2) is 0 Å². The van der Waals surface area contributed by atoms with Crippen molar-refractivity contribution in [3.63, 3.8) is 0 Å². The normalized spacial score (nSPS) is 21.5. The van der Waals surface area contributed by atoms with E-state index < -0.39 is 0 Å². The fourth-order valence-corrected chi connectivity index (χ4v) is 3.26. The molecule has 4 nitrogen and oxygen atoms in total. The van der Waals surface area contributed by atoms with Crippen LogP contribution in [0.25, 0.3) is 0 Å². The van der Waals surface area contributed by atoms with Crippen LogP contribution in [0.4, 0.5) is 4.79 Å². The fourth-order valence-electron chi connectivity index (χ4n) is 3.14. The van der Waals surface area contributed by atoms with Gasteiger partial charge in [-0.3, -0.25) is 0 Å². The minimum absolute atomic E-state index is 0.0730. The van der Waals surface area contributed by atoms with E-state index in [0.717, 1.165) is 54.9 Å². The van der Waals surface area contributed by atoms with Gasteiger partial charge >= 0.3 is 6.03 Å². The van der Waals surface area contributed by atoms with E-state index in [0.29, 0.717) is 18.6 Å². The number of hydrogen-bond acceptors (Lipinski definition) is 2. The molecule has 1 saturated carbocycles. The molecule has 0 spiro atoms. The summed E-state index contributed by atoms with van der Waals surface area (Å²) >= 11 is 6.04. The molecule has 2 aliphatic rings. The van der Waals surface area contributed by atoms with Crippen molar-refractivity contribution in [2.24, 2.45) is 0 Å². The summed E-state index contributed by atoms with van der Waals surface area (Å²) in [4.78, 5) is 14.7. The first kappa shape index (κ1) is 15.6. The van der Waals surface area contributed by atoms with Crippen LogP contribution in [0.15, 0.2) is 18.2 Å². The van der Waals surface area contributed by atoms with Crippen molar-refractivity contribution in [2.45, 2.75) is 51.2 Å². The number of nitrogens with one attached hydrogen (secondary N) is 2. The quantitative estimate of drug-likeness (QED) is 0.895. The summed E-state index contributed by atoms with van der Waals surface area (Å²) < 4.78 is 0. The number of amides is 2. The molecule has 1 aromatic rings. The molecule has 22 heavy (non-hydrogen) atoms. The van der Waals surface area contributed by atoms with E-state index in [9.17, 15) is 4.79 Å². The molecule has 1 saturated heterocycles. The number of urea groups is 1. The molecule has 1 atom stereocenters. The summed E-state index contributed by atoms with van der Waals surface area (Å²) in [5.74, 6) is 0. The van der Waals surface area contributed by atoms with Crippen molar-refractivity contribution < 1.29 is 4.79 Å². The zero-order valence-corrected chi connectivity index (χ0v) is 13.8. The van der Waals surface area contributed by atoms with Gasteiger partial charge in [0.2, 0.25) is 0 Å². The lowest BCUT2D eigenvalue weighted by Crippen LogP contribution is -2.52. The van der Waals surface area contributed by atoms with Gasteiger partial charge in [0.05, 0.1) is 0 Å². The molecule has 0 bridgehead atoms. The molecule has 1 aliphatic heterocycles. The first-order valence-electron chi connectivity index (χ1n) is 8.17. The van der Waals surface area contributed by atoms with Gasteiger partial charge in [0.1, 0.15) is 0 Å². The highest BCUT2D eigenvalue weighted by Gasteiger charge is 2.37. The predicted octanol–water partition coefficient (Wildman–Crippen LogP) is 3.07. The highest BCUT2D eigenvalue weighted by molar-refractivity contribution is 6.31. The van der Waals surface area contributed by atoms with Gasteiger partial charge in [0.25, 0.3) is 0 Å². The Bertz CT molecular complexity index is 539. The number of carbonyl (C=O) groups is 1. The third-order valence-corrected chi connectivity index (χ3v) is 4.93. The second kappa shape index (κ2) is 6.88. The maximum Gasteiger partial charge on any atom is 0.318 e. The maximum absolute atomic E-state index is 12.6. The number of carbonyl (C=O) groups excluding carboxylic acids is 1. The summed E-state index contributed by atoms with van der Waals surface area (Å²) in [6, 6.07) is 6.75. The smallest absolute Gasteiger partial charge is 0.318 e. The van der Waals surface area contributed by atoms with Crippen LogP contribution in [0.5, 0.6) is 0 Å². The first-order chi connectivity index (χ1) is 10.6. The molecule has 0 aromatic heterocycles. The largest absolute Gasteiger partial charge is 0.334 e. The summed E-state index contributed by atoms with van der Waals surface area (Å²) in [6.45, 7) is 4.53. The number of nitrogens with zero attached hydrogens (tertiary/aromatic N) is 1. The fraction of sp³-hybridized carbons (Fsp3) is 0.588. The number of benzene rings is 1. The predicted molar refractivity (Wildman–Crippen MR) is 89.2 cm³/mol. The number of rotatable bonds is 4. The molecule has 1 aliphatic carbocycles. The zero-order chi connectivity index (χ0) is 15.5. The molecule has 2 N–H and O–H groups in total. The van der Waals surface area contributed by atoms with Gasteiger partial charge in [-0.1, -0.05) is 23.7 Å². The monoisotopic (exact) mass is 321 g/mol. The lowest BCUT2D eigenvalue weighted by molar-refractivity contribution is 0.155. The SMILES string of the molecule is Cc1cc(CNC(=O)N(C2CC2)[C@@H]2CCCNC2)ccc1Cl. The average Bonchev–Trinajstić information content (AvgIpc) is 3.35. The molecule has 120 valence electrons. The van der Waals surface area contributed by atoms with Crippen LogP contribution in [0.3, 0.4) is 0 Å². The third-order valence-electron chi connectivity index (χ3n) is 4.51. The Morgan fingerprint density at radius 3 is 2.82 bits per heavy atom. The second-order valence-corrected chi connectivity index (χ2v) is 6.79. The van der Waals surface area contributed by atoms with Crippen LogP contribution in [0.2, 0.25) is 5.02 Å². The molecular weight excluding hydrogens is 298 g/mol. The maximum atomic E-state index is 12.6. The standard InChI is InChI=1S/C17H24ClN3O/c1-12-9-13(4-7-16(12)18)10-20-17(22)21(14-5-6-14)15-3-2-8-19-11-15/h4,7,9,14-15,19H,2-3,5-6,8,10-11H2,1H3,(H,20,22)/t15-/m1/s1. The third kappa shape index (κ3) is 3.73. The first-order valence-corrected chi connectivity index (χ1v) is 8.55. The van der Waals surface area contributed by atoms with Crippen molar-refractivity contribution >= 4 is 17.6 Å². The molecule has 0 radical (unpaired) electrons. The highest BCUT2D eigenvalue weighted by atomic mass is 35.5. The van der Waals surface area contributed by atoms with Crippen molar-refractivity contribution in [3.05, 3.63) is 34.3 Å². The van der Waals surface area contributed by atoms with Crippen LogP contribution >= 0.6 is 11.6 Å². The van der Waals surface area contributed by atoms with Gasteiger partial charge in [-0.15, -0.1) is 0 Å². The van der Waals surface area contributed by atoms with Crippen LogP contribution in [0.1, 0.15) is 36.8 Å². The molecule has 3 rings (SSSR count). The van der Waals surface area contributed by atoms with E-state index in [1.165, 1.54) is 0 Å². The molecule has 0 unspecified atom stereocenters. The Hall–Kier alpha value is -1.26. The average molecular weight is 322 g/mol. The zero-order valence-electron chi connectivity index (χ0n) is 13.1. The number of hydrogen-bond donors (Lipinski definition) is 2. The van der Waals surface area contributed by atoms with Crippen LogP contribution in [0, 0.1) is 6.92 Å². The Kier molecular flexibility index (Phi) is 4.89. The lowest BCUT2D eigenvalue weighted by atomic mass is 10.1. The van der Waals surface area contributed by atoms with E-state index in [4.69, 9.17) is 11.6 Å². The Morgan fingerprint density at radius 2 is 2.18 bits per heavy atom. The van der Waals surface area contributed by atoms with Crippen molar-refractivity contribution in [1.29, 1.82) is 0 Å². The van der Waals surface area contributed by atoms with Crippen molar-refractivity contribution in [2.75, 3.05) is 13.1 Å². The van der Waals surface area contributed by atoms with E-state index in [1.807, 2.05) is 25.1 Å². The number of halogens is 1. The summed E-state index contributed by atoms with van der Waals surface area (Å²) in [6.07, 6.45) is 4.54. The van der Waals surface area contributed by atoms with Gasteiger partial charge in [-0.25, -0.2) is 4.79 Å². The topological polar surface area (TPSA) is 44.4 Å². The van der Waals surface area contributed by atoms with Crippen molar-refractivity contribution in [1.82, 2.24) is 15.5 Å². The van der Waals surface area contributed by atoms with Gasteiger partial charge in [0, 0.05) is 30.2 Å². The van der Waals surface area contributed by atoms with Gasteiger partial charge < -0.3 is 15.5 Å². The van der Waals surface area contributed by atoms with Crippen LogP contribution in [-0.2, 0) is 6.54 Å². The number of aryl methyl sites for hydroxylation is 1. The molecule has 2 fully saturated rings. The molecule has 1 aromatic carbocycles. The Balaban J connectivity index is 1.60. The molecular formula is C17H24ClN3O. The molecule has 2 amide bonds. The van der Waals surface area contributed by atoms with E-state index in [-0.39, 0.29) is 6.03 Å². The van der Waals surface area contributed by atoms with Crippen LogP contribution < -0.4 is 10.6 Å². The Morgan fingerprint density at radius 1 is 1.36 bits per heavy atom.